The molecule has 0 aliphatic heterocycles. The van der Waals surface area contributed by atoms with Crippen molar-refractivity contribution in [1.29, 1.82) is 0 Å². The third kappa shape index (κ3) is 1.87. The van der Waals surface area contributed by atoms with E-state index < -0.39 is 6.04 Å². The Kier molecular flexibility index (Phi) is 2.58. The van der Waals surface area contributed by atoms with Crippen LogP contribution in [0.25, 0.3) is 11.5 Å². The minimum absolute atomic E-state index is 0.346. The largest absolute Gasteiger partial charge is 0.337 e. The van der Waals surface area contributed by atoms with E-state index in [-0.39, 0.29) is 0 Å². The van der Waals surface area contributed by atoms with Gasteiger partial charge in [-0.2, -0.15) is 20.4 Å². The lowest BCUT2D eigenvalue weighted by atomic mass is 10.1. The third-order valence-electron chi connectivity index (χ3n) is 2.51. The number of hydrogen-bond donors (Lipinski definition) is 2. The lowest BCUT2D eigenvalue weighted by molar-refractivity contribution is 0.367. The highest BCUT2D eigenvalue weighted by Gasteiger charge is 2.18. The first kappa shape index (κ1) is 10.6. The Labute approximate surface area is 102 Å². The van der Waals surface area contributed by atoms with Gasteiger partial charge in [0.05, 0.1) is 6.20 Å². The molecular formula is C11H10N6O. The molecule has 7 nitrogen and oxygen atoms in total. The molecule has 7 heteroatoms. The average Bonchev–Trinajstić information content (AvgIpc) is 3.09. The summed E-state index contributed by atoms with van der Waals surface area (Å²) < 4.78 is 5.14. The molecule has 0 bridgehead atoms. The van der Waals surface area contributed by atoms with E-state index in [1.54, 1.807) is 0 Å². The SMILES string of the molecule is NC(c1ccccc1)c1nc(-c2cn[nH]n2)no1. The Morgan fingerprint density at radius 1 is 1.22 bits per heavy atom. The van der Waals surface area contributed by atoms with Gasteiger partial charge in [-0.15, -0.1) is 0 Å². The van der Waals surface area contributed by atoms with E-state index in [0.29, 0.717) is 17.4 Å². The Morgan fingerprint density at radius 2 is 2.06 bits per heavy atom. The normalized spacial score (nSPS) is 12.5. The molecule has 0 saturated carbocycles. The van der Waals surface area contributed by atoms with E-state index in [4.69, 9.17) is 10.3 Å². The van der Waals surface area contributed by atoms with Gasteiger partial charge >= 0.3 is 0 Å². The summed E-state index contributed by atoms with van der Waals surface area (Å²) >= 11 is 0. The zero-order valence-corrected chi connectivity index (χ0v) is 9.32. The van der Waals surface area contributed by atoms with Crippen LogP contribution in [0.5, 0.6) is 0 Å². The Balaban J connectivity index is 1.90. The second kappa shape index (κ2) is 4.38. The highest BCUT2D eigenvalue weighted by atomic mass is 16.5. The van der Waals surface area contributed by atoms with Crippen molar-refractivity contribution in [1.82, 2.24) is 25.6 Å². The van der Waals surface area contributed by atoms with Crippen LogP contribution in [0.3, 0.4) is 0 Å². The van der Waals surface area contributed by atoms with Crippen LogP contribution < -0.4 is 5.73 Å². The van der Waals surface area contributed by atoms with Crippen molar-refractivity contribution < 1.29 is 4.52 Å². The number of hydrogen-bond acceptors (Lipinski definition) is 6. The fourth-order valence-corrected chi connectivity index (χ4v) is 1.58. The van der Waals surface area contributed by atoms with Gasteiger partial charge in [0, 0.05) is 0 Å². The average molecular weight is 242 g/mol. The first-order chi connectivity index (χ1) is 8.84. The lowest BCUT2D eigenvalue weighted by Crippen LogP contribution is -2.11. The summed E-state index contributed by atoms with van der Waals surface area (Å²) in [6, 6.07) is 9.10. The van der Waals surface area contributed by atoms with E-state index in [1.165, 1.54) is 6.20 Å². The van der Waals surface area contributed by atoms with E-state index in [0.717, 1.165) is 5.56 Å². The predicted molar refractivity (Wildman–Crippen MR) is 62.1 cm³/mol. The zero-order chi connectivity index (χ0) is 12.4. The maximum absolute atomic E-state index is 6.04. The molecule has 90 valence electrons. The zero-order valence-electron chi connectivity index (χ0n) is 9.32. The van der Waals surface area contributed by atoms with E-state index in [2.05, 4.69) is 25.6 Å². The smallest absolute Gasteiger partial charge is 0.248 e. The number of rotatable bonds is 3. The van der Waals surface area contributed by atoms with Gasteiger partial charge in [-0.3, -0.25) is 0 Å². The Hall–Kier alpha value is -2.54. The van der Waals surface area contributed by atoms with E-state index in [1.807, 2.05) is 30.3 Å². The predicted octanol–water partition coefficient (Wildman–Crippen LogP) is 0.903. The van der Waals surface area contributed by atoms with Crippen molar-refractivity contribution >= 4 is 0 Å². The summed E-state index contributed by atoms with van der Waals surface area (Å²) in [5.41, 5.74) is 7.47. The van der Waals surface area contributed by atoms with Crippen LogP contribution in [-0.4, -0.2) is 25.6 Å². The second-order valence-corrected chi connectivity index (χ2v) is 3.70. The van der Waals surface area contributed by atoms with Crippen molar-refractivity contribution in [3.63, 3.8) is 0 Å². The molecule has 0 aliphatic carbocycles. The molecular weight excluding hydrogens is 232 g/mol. The molecule has 1 aromatic carbocycles. The summed E-state index contributed by atoms with van der Waals surface area (Å²) in [6.07, 6.45) is 1.52. The third-order valence-corrected chi connectivity index (χ3v) is 2.51. The molecule has 1 unspecified atom stereocenters. The van der Waals surface area contributed by atoms with Gasteiger partial charge in [-0.25, -0.2) is 0 Å². The first-order valence-electron chi connectivity index (χ1n) is 5.35. The van der Waals surface area contributed by atoms with Crippen LogP contribution in [0.1, 0.15) is 17.5 Å². The fraction of sp³-hybridized carbons (Fsp3) is 0.0909. The Morgan fingerprint density at radius 3 is 2.78 bits per heavy atom. The molecule has 2 aromatic heterocycles. The standard InChI is InChI=1S/C11H10N6O/c12-9(7-4-2-1-3-5-7)11-14-10(16-18-11)8-6-13-17-15-8/h1-6,9H,12H2,(H,13,15,17). The summed E-state index contributed by atoms with van der Waals surface area (Å²) in [7, 11) is 0. The van der Waals surface area contributed by atoms with Crippen LogP contribution in [0, 0.1) is 0 Å². The molecule has 0 aliphatic rings. The highest BCUT2D eigenvalue weighted by Crippen LogP contribution is 2.19. The van der Waals surface area contributed by atoms with Crippen molar-refractivity contribution in [2.45, 2.75) is 6.04 Å². The number of nitrogens with zero attached hydrogens (tertiary/aromatic N) is 4. The van der Waals surface area contributed by atoms with Gasteiger partial charge in [-0.1, -0.05) is 35.5 Å². The van der Waals surface area contributed by atoms with Gasteiger partial charge in [-0.05, 0) is 5.56 Å². The summed E-state index contributed by atoms with van der Waals surface area (Å²) in [5.74, 6) is 0.712. The topological polar surface area (TPSA) is 107 Å². The van der Waals surface area contributed by atoms with Gasteiger partial charge in [0.1, 0.15) is 6.04 Å². The summed E-state index contributed by atoms with van der Waals surface area (Å²) in [5, 5.41) is 13.9. The maximum atomic E-state index is 6.04. The number of aromatic nitrogens is 5. The molecule has 3 aromatic rings. The van der Waals surface area contributed by atoms with Crippen LogP contribution in [0.15, 0.2) is 41.1 Å². The quantitative estimate of drug-likeness (QED) is 0.706. The number of benzene rings is 1. The van der Waals surface area contributed by atoms with E-state index >= 15 is 0 Å². The number of nitrogens with one attached hydrogen (secondary N) is 1. The molecule has 3 N–H and O–H groups in total. The van der Waals surface area contributed by atoms with Gasteiger partial charge in [0.15, 0.2) is 5.69 Å². The number of aromatic amines is 1. The van der Waals surface area contributed by atoms with Crippen molar-refractivity contribution in [3.05, 3.63) is 48.0 Å². The molecule has 3 rings (SSSR count). The molecule has 0 amide bonds. The van der Waals surface area contributed by atoms with Crippen LogP contribution in [0.4, 0.5) is 0 Å². The highest BCUT2D eigenvalue weighted by molar-refractivity contribution is 5.45. The second-order valence-electron chi connectivity index (χ2n) is 3.70. The molecule has 18 heavy (non-hydrogen) atoms. The van der Waals surface area contributed by atoms with Crippen molar-refractivity contribution in [2.75, 3.05) is 0 Å². The minimum Gasteiger partial charge on any atom is -0.337 e. The molecule has 1 atom stereocenters. The fourth-order valence-electron chi connectivity index (χ4n) is 1.58. The molecule has 0 saturated heterocycles. The monoisotopic (exact) mass is 242 g/mol. The van der Waals surface area contributed by atoms with Crippen LogP contribution in [-0.2, 0) is 0 Å². The Bertz CT molecular complexity index is 618. The molecule has 0 fully saturated rings. The lowest BCUT2D eigenvalue weighted by Gasteiger charge is -2.05. The minimum atomic E-state index is -0.445. The van der Waals surface area contributed by atoms with Crippen molar-refractivity contribution in [3.8, 4) is 11.5 Å². The number of nitrogens with two attached hydrogens (primary N) is 1. The van der Waals surface area contributed by atoms with E-state index in [9.17, 15) is 0 Å². The molecule has 2 heterocycles. The van der Waals surface area contributed by atoms with Gasteiger partial charge in [0.2, 0.25) is 11.7 Å². The summed E-state index contributed by atoms with van der Waals surface area (Å²) in [6.45, 7) is 0. The van der Waals surface area contributed by atoms with Gasteiger partial charge < -0.3 is 10.3 Å². The van der Waals surface area contributed by atoms with Crippen molar-refractivity contribution in [2.24, 2.45) is 5.73 Å². The number of H-pyrrole nitrogens is 1. The van der Waals surface area contributed by atoms with Crippen LogP contribution >= 0.6 is 0 Å². The molecule has 0 radical (unpaired) electrons. The molecule has 0 spiro atoms. The maximum Gasteiger partial charge on any atom is 0.248 e. The van der Waals surface area contributed by atoms with Crippen LogP contribution in [0.2, 0.25) is 0 Å². The first-order valence-corrected chi connectivity index (χ1v) is 5.35. The summed E-state index contributed by atoms with van der Waals surface area (Å²) in [4.78, 5) is 4.20. The van der Waals surface area contributed by atoms with Gasteiger partial charge in [0.25, 0.3) is 0 Å².